The lowest BCUT2D eigenvalue weighted by Gasteiger charge is -2.11. The van der Waals surface area contributed by atoms with E-state index in [1.807, 2.05) is 0 Å². The first kappa shape index (κ1) is 14.0. The summed E-state index contributed by atoms with van der Waals surface area (Å²) in [5, 5.41) is 23.9. The van der Waals surface area contributed by atoms with Crippen molar-refractivity contribution in [1.82, 2.24) is 0 Å². The van der Waals surface area contributed by atoms with Gasteiger partial charge in [0.2, 0.25) is 5.71 Å². The maximum Gasteiger partial charge on any atom is 0.237 e. The molecule has 2 aromatic rings. The lowest BCUT2D eigenvalue weighted by atomic mass is 10.2. The topological polar surface area (TPSA) is 84.0 Å². The number of rotatable bonds is 4. The third-order valence-corrected chi connectivity index (χ3v) is 2.57. The molecule has 0 saturated heterocycles. The minimum absolute atomic E-state index is 0.296. The molecule has 0 fully saturated rings. The molecule has 2 aromatic carbocycles. The van der Waals surface area contributed by atoms with Crippen molar-refractivity contribution in [2.75, 3.05) is 10.7 Å². The highest BCUT2D eigenvalue weighted by molar-refractivity contribution is 6.10. The highest BCUT2D eigenvalue weighted by Gasteiger charge is 2.05. The van der Waals surface area contributed by atoms with E-state index in [-0.39, 0.29) is 11.5 Å². The maximum atomic E-state index is 13.6. The molecule has 0 aliphatic rings. The Hall–Kier alpha value is -3.38. The van der Waals surface area contributed by atoms with Gasteiger partial charge in [0.1, 0.15) is 18.0 Å². The largest absolute Gasteiger partial charge is 0.351 e. The van der Waals surface area contributed by atoms with E-state index in [4.69, 9.17) is 10.5 Å². The fraction of sp³-hybridized carbons (Fsp3) is 0. The average molecular weight is 279 g/mol. The van der Waals surface area contributed by atoms with E-state index in [0.717, 1.165) is 0 Å². The first-order valence-electron chi connectivity index (χ1n) is 5.99. The summed E-state index contributed by atoms with van der Waals surface area (Å²) in [4.78, 5) is 0. The number of anilines is 3. The molecule has 0 spiro atoms. The number of halogens is 1. The Morgan fingerprint density at radius 1 is 0.905 bits per heavy atom. The summed E-state index contributed by atoms with van der Waals surface area (Å²) in [5.41, 5.74) is 3.72. The zero-order valence-electron chi connectivity index (χ0n) is 10.8. The van der Waals surface area contributed by atoms with Crippen molar-refractivity contribution in [3.8, 4) is 12.1 Å². The van der Waals surface area contributed by atoms with Crippen LogP contribution in [0.3, 0.4) is 0 Å². The standard InChI is InChI=1S/C15H10FN5/c16-12-5-1-2-6-13(12)19-14-7-3-4-8-15(14)21-20-11(9-17)10-18/h1-8,19,21H. The van der Waals surface area contributed by atoms with Gasteiger partial charge in [-0.1, -0.05) is 24.3 Å². The highest BCUT2D eigenvalue weighted by Crippen LogP contribution is 2.26. The summed E-state index contributed by atoms with van der Waals surface area (Å²) < 4.78 is 13.6. The molecule has 0 saturated carbocycles. The van der Waals surface area contributed by atoms with E-state index in [1.54, 1.807) is 54.6 Å². The first-order valence-corrected chi connectivity index (χ1v) is 5.99. The van der Waals surface area contributed by atoms with Crippen molar-refractivity contribution < 1.29 is 4.39 Å². The van der Waals surface area contributed by atoms with Crippen molar-refractivity contribution in [2.45, 2.75) is 0 Å². The second-order valence-electron chi connectivity index (χ2n) is 3.95. The third kappa shape index (κ3) is 3.55. The normalized spacial score (nSPS) is 9.10. The van der Waals surface area contributed by atoms with Crippen LogP contribution in [0.4, 0.5) is 21.5 Å². The predicted octanol–water partition coefficient (Wildman–Crippen LogP) is 3.38. The summed E-state index contributed by atoms with van der Waals surface area (Å²) in [6.45, 7) is 0. The number of nitrogens with zero attached hydrogens (tertiary/aromatic N) is 3. The van der Waals surface area contributed by atoms with Gasteiger partial charge in [-0.05, 0) is 24.3 Å². The Morgan fingerprint density at radius 3 is 2.10 bits per heavy atom. The summed E-state index contributed by atoms with van der Waals surface area (Å²) in [7, 11) is 0. The molecule has 0 aromatic heterocycles. The Kier molecular flexibility index (Phi) is 4.47. The fourth-order valence-electron chi connectivity index (χ4n) is 1.59. The van der Waals surface area contributed by atoms with Crippen LogP contribution in [0.25, 0.3) is 0 Å². The lowest BCUT2D eigenvalue weighted by molar-refractivity contribution is 0.632. The average Bonchev–Trinajstić information content (AvgIpc) is 2.52. The Morgan fingerprint density at radius 2 is 1.48 bits per heavy atom. The number of para-hydroxylation sites is 3. The van der Waals surface area contributed by atoms with Crippen LogP contribution in [0.15, 0.2) is 53.6 Å². The lowest BCUT2D eigenvalue weighted by Crippen LogP contribution is -2.00. The smallest absolute Gasteiger partial charge is 0.237 e. The summed E-state index contributed by atoms with van der Waals surface area (Å²) in [6.07, 6.45) is 0. The second kappa shape index (κ2) is 6.69. The van der Waals surface area contributed by atoms with Crippen LogP contribution in [0.1, 0.15) is 0 Å². The molecule has 0 unspecified atom stereocenters. The van der Waals surface area contributed by atoms with Gasteiger partial charge in [0.15, 0.2) is 0 Å². The van der Waals surface area contributed by atoms with Crippen molar-refractivity contribution in [1.29, 1.82) is 10.5 Å². The number of nitriles is 2. The van der Waals surface area contributed by atoms with E-state index < -0.39 is 0 Å². The summed E-state index contributed by atoms with van der Waals surface area (Å²) >= 11 is 0. The van der Waals surface area contributed by atoms with Gasteiger partial charge >= 0.3 is 0 Å². The van der Waals surface area contributed by atoms with Crippen molar-refractivity contribution in [3.05, 3.63) is 54.3 Å². The van der Waals surface area contributed by atoms with Gasteiger partial charge < -0.3 is 5.32 Å². The van der Waals surface area contributed by atoms with E-state index >= 15 is 0 Å². The Labute approximate surface area is 120 Å². The number of hydrazone groups is 1. The van der Waals surface area contributed by atoms with Crippen LogP contribution < -0.4 is 10.7 Å². The van der Waals surface area contributed by atoms with Gasteiger partial charge in [-0.2, -0.15) is 15.6 Å². The van der Waals surface area contributed by atoms with E-state index in [0.29, 0.717) is 17.1 Å². The molecule has 2 N–H and O–H groups in total. The molecule has 0 amide bonds. The minimum Gasteiger partial charge on any atom is -0.351 e. The van der Waals surface area contributed by atoms with Crippen molar-refractivity contribution in [2.24, 2.45) is 5.10 Å². The molecule has 0 atom stereocenters. The number of hydrogen-bond donors (Lipinski definition) is 2. The molecule has 2 rings (SSSR count). The van der Waals surface area contributed by atoms with Crippen LogP contribution >= 0.6 is 0 Å². The molecule has 102 valence electrons. The van der Waals surface area contributed by atoms with Gasteiger partial charge in [0.25, 0.3) is 0 Å². The number of hydrogen-bond acceptors (Lipinski definition) is 5. The molecule has 0 radical (unpaired) electrons. The zero-order valence-corrected chi connectivity index (χ0v) is 10.8. The second-order valence-corrected chi connectivity index (χ2v) is 3.95. The molecule has 0 heterocycles. The molecular formula is C15H10FN5. The first-order chi connectivity index (χ1) is 10.2. The van der Waals surface area contributed by atoms with Gasteiger partial charge in [0, 0.05) is 0 Å². The predicted molar refractivity (Wildman–Crippen MR) is 78.4 cm³/mol. The molecule has 0 aliphatic heterocycles. The fourth-order valence-corrected chi connectivity index (χ4v) is 1.59. The quantitative estimate of drug-likeness (QED) is 0.663. The van der Waals surface area contributed by atoms with Gasteiger partial charge in [0.05, 0.1) is 17.1 Å². The minimum atomic E-state index is -0.384. The molecule has 21 heavy (non-hydrogen) atoms. The van der Waals surface area contributed by atoms with Crippen molar-refractivity contribution >= 4 is 22.8 Å². The van der Waals surface area contributed by atoms with Crippen molar-refractivity contribution in [3.63, 3.8) is 0 Å². The SMILES string of the molecule is N#CC(C#N)=NNc1ccccc1Nc1ccccc1F. The van der Waals surface area contributed by atoms with E-state index in [9.17, 15) is 4.39 Å². The summed E-state index contributed by atoms with van der Waals surface area (Å²) in [6, 6.07) is 16.5. The van der Waals surface area contributed by atoms with Crippen LogP contribution in [-0.2, 0) is 0 Å². The number of nitrogens with one attached hydrogen (secondary N) is 2. The van der Waals surface area contributed by atoms with Crippen LogP contribution in [0, 0.1) is 28.5 Å². The molecule has 0 bridgehead atoms. The van der Waals surface area contributed by atoms with Crippen LogP contribution in [0.5, 0.6) is 0 Å². The Balaban J connectivity index is 2.26. The van der Waals surface area contributed by atoms with E-state index in [1.165, 1.54) is 6.07 Å². The molecular weight excluding hydrogens is 269 g/mol. The van der Waals surface area contributed by atoms with Gasteiger partial charge in [-0.15, -0.1) is 0 Å². The van der Waals surface area contributed by atoms with E-state index in [2.05, 4.69) is 15.8 Å². The van der Waals surface area contributed by atoms with Crippen LogP contribution in [-0.4, -0.2) is 5.71 Å². The Bertz CT molecular complexity index is 739. The molecule has 5 nitrogen and oxygen atoms in total. The third-order valence-electron chi connectivity index (χ3n) is 2.57. The molecule has 6 heteroatoms. The molecule has 0 aliphatic carbocycles. The summed E-state index contributed by atoms with van der Waals surface area (Å²) in [5.74, 6) is -0.384. The van der Waals surface area contributed by atoms with Gasteiger partial charge in [-0.25, -0.2) is 4.39 Å². The van der Waals surface area contributed by atoms with Crippen LogP contribution in [0.2, 0.25) is 0 Å². The van der Waals surface area contributed by atoms with Gasteiger partial charge in [-0.3, -0.25) is 5.43 Å². The monoisotopic (exact) mass is 279 g/mol. The zero-order chi connectivity index (χ0) is 15.1. The highest BCUT2D eigenvalue weighted by atomic mass is 19.1. The maximum absolute atomic E-state index is 13.6. The number of benzene rings is 2.